The first kappa shape index (κ1) is 16.0. The first-order valence-electron chi connectivity index (χ1n) is 7.84. The van der Waals surface area contributed by atoms with Crippen molar-refractivity contribution in [2.24, 2.45) is 0 Å². The fourth-order valence-corrected chi connectivity index (χ4v) is 2.88. The lowest BCUT2D eigenvalue weighted by molar-refractivity contribution is -0.115. The molecule has 1 nitrogen and oxygen atoms in total. The Balaban J connectivity index is 1.97. The second-order valence-corrected chi connectivity index (χ2v) is 6.18. The van der Waals surface area contributed by atoms with Gasteiger partial charge < -0.3 is 0 Å². The SMILES string of the molecule is CCCCC/C=C/C1=CC(=O)C[C@H](c2ccc(Cl)cc2)C1. The molecule has 1 aliphatic rings. The molecule has 1 aliphatic carbocycles. The van der Waals surface area contributed by atoms with Gasteiger partial charge in [-0.3, -0.25) is 4.79 Å². The van der Waals surface area contributed by atoms with E-state index in [0.29, 0.717) is 6.42 Å². The van der Waals surface area contributed by atoms with Gasteiger partial charge in [0.2, 0.25) is 0 Å². The summed E-state index contributed by atoms with van der Waals surface area (Å²) in [5.74, 6) is 0.518. The van der Waals surface area contributed by atoms with E-state index in [9.17, 15) is 4.79 Å². The molecule has 0 unspecified atom stereocenters. The maximum absolute atomic E-state index is 11.9. The Morgan fingerprint density at radius 3 is 2.67 bits per heavy atom. The summed E-state index contributed by atoms with van der Waals surface area (Å²) in [4.78, 5) is 11.9. The van der Waals surface area contributed by atoms with E-state index in [2.05, 4.69) is 19.1 Å². The fourth-order valence-electron chi connectivity index (χ4n) is 2.76. The molecule has 1 aromatic rings. The first-order chi connectivity index (χ1) is 10.2. The number of hydrogen-bond acceptors (Lipinski definition) is 1. The smallest absolute Gasteiger partial charge is 0.156 e. The van der Waals surface area contributed by atoms with E-state index in [1.807, 2.05) is 30.3 Å². The highest BCUT2D eigenvalue weighted by Crippen LogP contribution is 2.32. The van der Waals surface area contributed by atoms with Gasteiger partial charge in [-0.15, -0.1) is 0 Å². The predicted octanol–water partition coefficient (Wildman–Crippen LogP) is 5.85. The molecule has 0 saturated carbocycles. The van der Waals surface area contributed by atoms with Crippen LogP contribution in [-0.2, 0) is 4.79 Å². The van der Waals surface area contributed by atoms with Gasteiger partial charge in [0.15, 0.2) is 5.78 Å². The van der Waals surface area contributed by atoms with Crippen LogP contribution in [0.25, 0.3) is 0 Å². The third kappa shape index (κ3) is 5.17. The molecular formula is C19H23ClO. The van der Waals surface area contributed by atoms with Crippen molar-refractivity contribution in [2.75, 3.05) is 0 Å². The Hall–Kier alpha value is -1.34. The van der Waals surface area contributed by atoms with Crippen LogP contribution in [0.1, 0.15) is 56.9 Å². The van der Waals surface area contributed by atoms with Crippen molar-refractivity contribution in [3.63, 3.8) is 0 Å². The molecule has 21 heavy (non-hydrogen) atoms. The Bertz CT molecular complexity index is 525. The van der Waals surface area contributed by atoms with Gasteiger partial charge in [0.25, 0.3) is 0 Å². The van der Waals surface area contributed by atoms with Crippen molar-refractivity contribution in [2.45, 2.75) is 51.4 Å². The van der Waals surface area contributed by atoms with Crippen LogP contribution < -0.4 is 0 Å². The van der Waals surface area contributed by atoms with Crippen molar-refractivity contribution in [3.8, 4) is 0 Å². The average molecular weight is 303 g/mol. The number of carbonyl (C=O) groups excluding carboxylic acids is 1. The standard InChI is InChI=1S/C19H23ClO/c1-2-3-4-5-6-7-15-12-17(14-19(21)13-15)16-8-10-18(20)11-9-16/h6-11,13,17H,2-5,12,14H2,1H3/b7-6+/t17-/m1/s1. The zero-order valence-electron chi connectivity index (χ0n) is 12.6. The quantitative estimate of drug-likeness (QED) is 0.602. The molecule has 0 fully saturated rings. The van der Waals surface area contributed by atoms with Crippen LogP contribution in [0.5, 0.6) is 0 Å². The molecule has 0 saturated heterocycles. The normalized spacial score (nSPS) is 19.0. The van der Waals surface area contributed by atoms with E-state index >= 15 is 0 Å². The molecule has 0 amide bonds. The number of unbranched alkanes of at least 4 members (excludes halogenated alkanes) is 3. The average Bonchev–Trinajstić information content (AvgIpc) is 2.47. The van der Waals surface area contributed by atoms with Crippen LogP contribution in [0.4, 0.5) is 0 Å². The number of halogens is 1. The lowest BCUT2D eigenvalue weighted by atomic mass is 9.83. The largest absolute Gasteiger partial charge is 0.295 e. The summed E-state index contributed by atoms with van der Waals surface area (Å²) in [5.41, 5.74) is 2.36. The molecule has 2 heteroatoms. The van der Waals surface area contributed by atoms with E-state index in [1.54, 1.807) is 0 Å². The van der Waals surface area contributed by atoms with E-state index in [4.69, 9.17) is 11.6 Å². The summed E-state index contributed by atoms with van der Waals surface area (Å²) in [5, 5.41) is 0.743. The van der Waals surface area contributed by atoms with Crippen LogP contribution in [0.2, 0.25) is 5.02 Å². The summed E-state index contributed by atoms with van der Waals surface area (Å²) < 4.78 is 0. The molecule has 112 valence electrons. The van der Waals surface area contributed by atoms with Gasteiger partial charge in [-0.05, 0) is 54.5 Å². The predicted molar refractivity (Wildman–Crippen MR) is 89.8 cm³/mol. The van der Waals surface area contributed by atoms with Crippen LogP contribution in [0.3, 0.4) is 0 Å². The number of benzene rings is 1. The highest BCUT2D eigenvalue weighted by Gasteiger charge is 2.20. The maximum Gasteiger partial charge on any atom is 0.156 e. The molecule has 0 aromatic heterocycles. The molecule has 0 bridgehead atoms. The minimum Gasteiger partial charge on any atom is -0.295 e. The summed E-state index contributed by atoms with van der Waals surface area (Å²) in [6.07, 6.45) is 12.5. The van der Waals surface area contributed by atoms with E-state index in [0.717, 1.165) is 23.4 Å². The molecule has 1 atom stereocenters. The number of allylic oxidation sites excluding steroid dienone is 4. The number of rotatable bonds is 6. The van der Waals surface area contributed by atoms with Crippen molar-refractivity contribution < 1.29 is 4.79 Å². The van der Waals surface area contributed by atoms with Crippen molar-refractivity contribution in [1.82, 2.24) is 0 Å². The molecule has 0 radical (unpaired) electrons. The zero-order valence-corrected chi connectivity index (χ0v) is 13.4. The number of carbonyl (C=O) groups is 1. The minimum atomic E-state index is 0.231. The van der Waals surface area contributed by atoms with Gasteiger partial charge >= 0.3 is 0 Å². The highest BCUT2D eigenvalue weighted by molar-refractivity contribution is 6.30. The molecular weight excluding hydrogens is 280 g/mol. The van der Waals surface area contributed by atoms with Gasteiger partial charge in [0, 0.05) is 11.4 Å². The highest BCUT2D eigenvalue weighted by atomic mass is 35.5. The third-order valence-corrected chi connectivity index (χ3v) is 4.18. The van der Waals surface area contributed by atoms with E-state index < -0.39 is 0 Å². The number of hydrogen-bond donors (Lipinski definition) is 0. The van der Waals surface area contributed by atoms with Gasteiger partial charge in [0.05, 0.1) is 0 Å². The summed E-state index contributed by atoms with van der Waals surface area (Å²) in [6.45, 7) is 2.21. The Kier molecular flexibility index (Phi) is 6.25. The molecule has 0 N–H and O–H groups in total. The second-order valence-electron chi connectivity index (χ2n) is 5.74. The van der Waals surface area contributed by atoms with E-state index in [-0.39, 0.29) is 11.7 Å². The summed E-state index contributed by atoms with van der Waals surface area (Å²) >= 11 is 5.93. The molecule has 2 rings (SSSR count). The first-order valence-corrected chi connectivity index (χ1v) is 8.22. The lowest BCUT2D eigenvalue weighted by Crippen LogP contribution is -2.12. The van der Waals surface area contributed by atoms with Crippen LogP contribution in [0.15, 0.2) is 48.1 Å². The zero-order chi connectivity index (χ0) is 15.1. The Morgan fingerprint density at radius 2 is 1.95 bits per heavy atom. The van der Waals surface area contributed by atoms with Gasteiger partial charge in [-0.1, -0.05) is 55.7 Å². The fraction of sp³-hybridized carbons (Fsp3) is 0.421. The second kappa shape index (κ2) is 8.19. The summed E-state index contributed by atoms with van der Waals surface area (Å²) in [7, 11) is 0. The summed E-state index contributed by atoms with van der Waals surface area (Å²) in [6, 6.07) is 7.88. The maximum atomic E-state index is 11.9. The monoisotopic (exact) mass is 302 g/mol. The minimum absolute atomic E-state index is 0.231. The van der Waals surface area contributed by atoms with Gasteiger partial charge in [0.1, 0.15) is 0 Å². The molecule has 0 aliphatic heterocycles. The number of ketones is 1. The third-order valence-electron chi connectivity index (χ3n) is 3.92. The van der Waals surface area contributed by atoms with Gasteiger partial charge in [-0.25, -0.2) is 0 Å². The topological polar surface area (TPSA) is 17.1 Å². The molecule has 1 aromatic carbocycles. The lowest BCUT2D eigenvalue weighted by Gasteiger charge is -2.21. The van der Waals surface area contributed by atoms with E-state index in [1.165, 1.54) is 24.8 Å². The van der Waals surface area contributed by atoms with Crippen molar-refractivity contribution in [1.29, 1.82) is 0 Å². The van der Waals surface area contributed by atoms with Crippen LogP contribution in [0, 0.1) is 0 Å². The molecule has 0 spiro atoms. The van der Waals surface area contributed by atoms with Crippen molar-refractivity contribution in [3.05, 3.63) is 58.7 Å². The van der Waals surface area contributed by atoms with Gasteiger partial charge in [-0.2, -0.15) is 0 Å². The molecule has 0 heterocycles. The Morgan fingerprint density at radius 1 is 1.19 bits per heavy atom. The van der Waals surface area contributed by atoms with Crippen molar-refractivity contribution >= 4 is 17.4 Å². The Labute approximate surface area is 132 Å². The van der Waals surface area contributed by atoms with Crippen LogP contribution in [-0.4, -0.2) is 5.78 Å². The van der Waals surface area contributed by atoms with Crippen LogP contribution >= 0.6 is 11.6 Å².